The fourth-order valence-electron chi connectivity index (χ4n) is 4.44. The highest BCUT2D eigenvalue weighted by Gasteiger charge is 2.37. The van der Waals surface area contributed by atoms with E-state index in [2.05, 4.69) is 49.3 Å². The summed E-state index contributed by atoms with van der Waals surface area (Å²) in [6.45, 7) is 19.7. The third-order valence-electron chi connectivity index (χ3n) is 6.89. The molecule has 2 rings (SSSR count). The first-order valence-electron chi connectivity index (χ1n) is 10.6. The Morgan fingerprint density at radius 1 is 0.920 bits per heavy atom. The lowest BCUT2D eigenvalue weighted by molar-refractivity contribution is -0.135. The summed E-state index contributed by atoms with van der Waals surface area (Å²) in [7, 11) is 0. The number of amides is 1. The molecule has 0 saturated carbocycles. The lowest BCUT2D eigenvalue weighted by atomic mass is 9.68. The summed E-state index contributed by atoms with van der Waals surface area (Å²) in [6, 6.07) is 0. The Labute approximate surface area is 155 Å². The number of carbonyl (C=O) groups excluding carboxylic acids is 1. The lowest BCUT2D eigenvalue weighted by Gasteiger charge is -2.45. The Hall–Kier alpha value is -0.610. The van der Waals surface area contributed by atoms with Gasteiger partial charge in [0.1, 0.15) is 0 Å². The predicted molar refractivity (Wildman–Crippen MR) is 106 cm³/mol. The maximum atomic E-state index is 12.7. The monoisotopic (exact) mass is 351 g/mol. The Morgan fingerprint density at radius 3 is 1.96 bits per heavy atom. The highest BCUT2D eigenvalue weighted by atomic mass is 16.2. The molecule has 0 radical (unpaired) electrons. The molecule has 146 valence electrons. The van der Waals surface area contributed by atoms with Crippen LogP contribution in [0.1, 0.15) is 60.3 Å². The molecule has 0 N–H and O–H groups in total. The second-order valence-corrected chi connectivity index (χ2v) is 9.05. The van der Waals surface area contributed by atoms with Gasteiger partial charge in [0.15, 0.2) is 0 Å². The largest absolute Gasteiger partial charge is 0.342 e. The van der Waals surface area contributed by atoms with Crippen molar-refractivity contribution in [1.29, 1.82) is 0 Å². The SMILES string of the molecule is CCC1(C(C)C)CCN(C(=O)CN2CCN(CCC(C)C)CC2)CC1. The highest BCUT2D eigenvalue weighted by molar-refractivity contribution is 5.78. The first-order valence-corrected chi connectivity index (χ1v) is 10.6. The molecule has 2 fully saturated rings. The van der Waals surface area contributed by atoms with E-state index in [9.17, 15) is 4.79 Å². The Kier molecular flexibility index (Phi) is 7.75. The van der Waals surface area contributed by atoms with E-state index in [1.807, 2.05) is 0 Å². The van der Waals surface area contributed by atoms with Gasteiger partial charge in [0.2, 0.25) is 5.91 Å². The molecule has 4 heteroatoms. The van der Waals surface area contributed by atoms with Crippen molar-refractivity contribution >= 4 is 5.91 Å². The highest BCUT2D eigenvalue weighted by Crippen LogP contribution is 2.41. The van der Waals surface area contributed by atoms with Gasteiger partial charge in [-0.3, -0.25) is 9.69 Å². The lowest BCUT2D eigenvalue weighted by Crippen LogP contribution is -2.52. The number of hydrogen-bond donors (Lipinski definition) is 0. The minimum atomic E-state index is 0.351. The summed E-state index contributed by atoms with van der Waals surface area (Å²) in [5.74, 6) is 1.84. The van der Waals surface area contributed by atoms with E-state index in [4.69, 9.17) is 0 Å². The zero-order chi connectivity index (χ0) is 18.4. The van der Waals surface area contributed by atoms with Crippen LogP contribution < -0.4 is 0 Å². The number of rotatable bonds is 7. The number of piperazine rings is 1. The molecule has 2 aliphatic rings. The first-order chi connectivity index (χ1) is 11.9. The van der Waals surface area contributed by atoms with Crippen LogP contribution in [0.2, 0.25) is 0 Å². The number of likely N-dealkylation sites (tertiary alicyclic amines) is 1. The topological polar surface area (TPSA) is 26.8 Å². The number of piperidine rings is 1. The number of carbonyl (C=O) groups is 1. The first kappa shape index (κ1) is 20.7. The van der Waals surface area contributed by atoms with E-state index in [0.717, 1.165) is 45.2 Å². The molecule has 0 unspecified atom stereocenters. The van der Waals surface area contributed by atoms with Crippen LogP contribution in [0, 0.1) is 17.3 Å². The number of hydrogen-bond acceptors (Lipinski definition) is 3. The van der Waals surface area contributed by atoms with Crippen molar-refractivity contribution in [3.05, 3.63) is 0 Å². The molecule has 1 amide bonds. The van der Waals surface area contributed by atoms with E-state index in [1.165, 1.54) is 32.2 Å². The minimum Gasteiger partial charge on any atom is -0.342 e. The molecule has 0 spiro atoms. The van der Waals surface area contributed by atoms with Crippen LogP contribution in [0.25, 0.3) is 0 Å². The number of nitrogens with zero attached hydrogens (tertiary/aromatic N) is 3. The quantitative estimate of drug-likeness (QED) is 0.704. The molecule has 2 saturated heterocycles. The molecule has 0 aromatic rings. The van der Waals surface area contributed by atoms with Gasteiger partial charge in [-0.1, -0.05) is 41.0 Å². The minimum absolute atomic E-state index is 0.351. The van der Waals surface area contributed by atoms with Crippen molar-refractivity contribution in [2.24, 2.45) is 17.3 Å². The van der Waals surface area contributed by atoms with Gasteiger partial charge >= 0.3 is 0 Å². The van der Waals surface area contributed by atoms with Crippen LogP contribution in [0.4, 0.5) is 0 Å². The molecule has 0 atom stereocenters. The van der Waals surface area contributed by atoms with E-state index >= 15 is 0 Å². The Morgan fingerprint density at radius 2 is 1.48 bits per heavy atom. The molecule has 25 heavy (non-hydrogen) atoms. The van der Waals surface area contributed by atoms with E-state index in [-0.39, 0.29) is 0 Å². The molecule has 2 heterocycles. The van der Waals surface area contributed by atoms with Gasteiger partial charge in [-0.15, -0.1) is 0 Å². The molecule has 0 aliphatic carbocycles. The Balaban J connectivity index is 1.71. The average molecular weight is 352 g/mol. The summed E-state index contributed by atoms with van der Waals surface area (Å²) in [5.41, 5.74) is 0.457. The molecule has 4 nitrogen and oxygen atoms in total. The van der Waals surface area contributed by atoms with Crippen molar-refractivity contribution in [3.63, 3.8) is 0 Å². The van der Waals surface area contributed by atoms with Crippen LogP contribution >= 0.6 is 0 Å². The van der Waals surface area contributed by atoms with Crippen LogP contribution in [-0.4, -0.2) is 73.0 Å². The van der Waals surface area contributed by atoms with Gasteiger partial charge < -0.3 is 9.80 Å². The molecule has 0 aromatic heterocycles. The van der Waals surface area contributed by atoms with Gasteiger partial charge in [-0.2, -0.15) is 0 Å². The van der Waals surface area contributed by atoms with Crippen LogP contribution in [-0.2, 0) is 4.79 Å². The summed E-state index contributed by atoms with van der Waals surface area (Å²) >= 11 is 0. The molecular formula is C21H41N3O. The summed E-state index contributed by atoms with van der Waals surface area (Å²) in [6.07, 6.45) is 4.87. The fourth-order valence-corrected chi connectivity index (χ4v) is 4.44. The fraction of sp³-hybridized carbons (Fsp3) is 0.952. The summed E-state index contributed by atoms with van der Waals surface area (Å²) < 4.78 is 0. The second kappa shape index (κ2) is 9.36. The van der Waals surface area contributed by atoms with Crippen molar-refractivity contribution in [1.82, 2.24) is 14.7 Å². The zero-order valence-corrected chi connectivity index (χ0v) is 17.4. The molecule has 0 bridgehead atoms. The maximum absolute atomic E-state index is 12.7. The van der Waals surface area contributed by atoms with E-state index in [1.54, 1.807) is 0 Å². The maximum Gasteiger partial charge on any atom is 0.236 e. The van der Waals surface area contributed by atoms with E-state index < -0.39 is 0 Å². The second-order valence-electron chi connectivity index (χ2n) is 9.05. The zero-order valence-electron chi connectivity index (χ0n) is 17.4. The smallest absolute Gasteiger partial charge is 0.236 e. The van der Waals surface area contributed by atoms with Crippen LogP contribution in [0.3, 0.4) is 0 Å². The van der Waals surface area contributed by atoms with Gasteiger partial charge in [0.25, 0.3) is 0 Å². The summed E-state index contributed by atoms with van der Waals surface area (Å²) in [5, 5.41) is 0. The third-order valence-corrected chi connectivity index (χ3v) is 6.89. The van der Waals surface area contributed by atoms with Crippen molar-refractivity contribution in [2.75, 3.05) is 52.4 Å². The van der Waals surface area contributed by atoms with Crippen molar-refractivity contribution in [2.45, 2.75) is 60.3 Å². The third kappa shape index (κ3) is 5.68. The predicted octanol–water partition coefficient (Wildman–Crippen LogP) is 3.32. The standard InChI is InChI=1S/C21H41N3O/c1-6-21(19(4)5)8-11-24(12-9-21)20(25)17-23-15-13-22(14-16-23)10-7-18(2)3/h18-19H,6-17H2,1-5H3. The molecule has 0 aromatic carbocycles. The normalized spacial score (nSPS) is 22.8. The van der Waals surface area contributed by atoms with Gasteiger partial charge in [-0.05, 0) is 43.1 Å². The van der Waals surface area contributed by atoms with Crippen LogP contribution in [0.15, 0.2) is 0 Å². The summed E-state index contributed by atoms with van der Waals surface area (Å²) in [4.78, 5) is 19.7. The van der Waals surface area contributed by atoms with Gasteiger partial charge in [0.05, 0.1) is 6.54 Å². The average Bonchev–Trinajstić information content (AvgIpc) is 2.61. The van der Waals surface area contributed by atoms with Gasteiger partial charge in [-0.25, -0.2) is 0 Å². The van der Waals surface area contributed by atoms with Gasteiger partial charge in [0, 0.05) is 39.3 Å². The van der Waals surface area contributed by atoms with Crippen molar-refractivity contribution in [3.8, 4) is 0 Å². The Bertz CT molecular complexity index is 405. The molecule has 2 aliphatic heterocycles. The van der Waals surface area contributed by atoms with E-state index in [0.29, 0.717) is 23.8 Å². The van der Waals surface area contributed by atoms with Crippen LogP contribution in [0.5, 0.6) is 0 Å². The van der Waals surface area contributed by atoms with Crippen molar-refractivity contribution < 1.29 is 4.79 Å². The molecular weight excluding hydrogens is 310 g/mol.